The van der Waals surface area contributed by atoms with Crippen molar-refractivity contribution in [3.8, 4) is 5.75 Å². The minimum Gasteiger partial charge on any atom is -0.496 e. The normalized spacial score (nSPS) is 12.6. The molecular formula is C16H12Cl2OS. The molecule has 3 rings (SSSR count). The molecule has 102 valence electrons. The molecule has 20 heavy (non-hydrogen) atoms. The molecule has 0 bridgehead atoms. The second kappa shape index (κ2) is 5.65. The van der Waals surface area contributed by atoms with E-state index in [4.69, 9.17) is 27.9 Å². The minimum atomic E-state index is -0.203. The van der Waals surface area contributed by atoms with Gasteiger partial charge in [-0.1, -0.05) is 41.9 Å². The molecule has 1 heterocycles. The Hall–Kier alpha value is -1.22. The van der Waals surface area contributed by atoms with Gasteiger partial charge in [-0.2, -0.15) is 0 Å². The molecule has 3 aromatic rings. The van der Waals surface area contributed by atoms with Crippen LogP contribution in [-0.4, -0.2) is 7.11 Å². The van der Waals surface area contributed by atoms with Crippen molar-refractivity contribution in [1.82, 2.24) is 0 Å². The Morgan fingerprint density at radius 2 is 1.85 bits per heavy atom. The summed E-state index contributed by atoms with van der Waals surface area (Å²) in [5.41, 5.74) is 1.07. The summed E-state index contributed by atoms with van der Waals surface area (Å²) in [7, 11) is 1.66. The first kappa shape index (κ1) is 13.7. The van der Waals surface area contributed by atoms with Crippen LogP contribution in [0.1, 0.15) is 15.8 Å². The predicted molar refractivity (Wildman–Crippen MR) is 87.5 cm³/mol. The fourth-order valence-electron chi connectivity index (χ4n) is 2.23. The van der Waals surface area contributed by atoms with Crippen molar-refractivity contribution in [3.05, 3.63) is 63.3 Å². The molecule has 0 aliphatic rings. The van der Waals surface area contributed by atoms with Gasteiger partial charge in [0, 0.05) is 20.7 Å². The molecule has 0 saturated carbocycles. The molecule has 0 spiro atoms. The third-order valence-corrected chi connectivity index (χ3v) is 5.16. The van der Waals surface area contributed by atoms with E-state index >= 15 is 0 Å². The first-order valence-corrected chi connectivity index (χ1v) is 7.83. The average molecular weight is 323 g/mol. The Morgan fingerprint density at radius 1 is 1.10 bits per heavy atom. The Bertz CT molecular complexity index is 751. The second-order valence-electron chi connectivity index (χ2n) is 4.43. The van der Waals surface area contributed by atoms with E-state index in [1.54, 1.807) is 18.4 Å². The van der Waals surface area contributed by atoms with Gasteiger partial charge in [0.05, 0.1) is 12.5 Å². The number of methoxy groups -OCH3 is 1. The lowest BCUT2D eigenvalue weighted by Crippen LogP contribution is -1.92. The van der Waals surface area contributed by atoms with Crippen LogP contribution >= 0.6 is 34.5 Å². The number of ether oxygens (including phenoxy) is 1. The SMILES string of the molecule is COc1csc(C(Cl)c2ccc(Cl)c3ccccc23)c1. The molecule has 1 unspecified atom stereocenters. The van der Waals surface area contributed by atoms with Crippen molar-refractivity contribution in [3.63, 3.8) is 0 Å². The summed E-state index contributed by atoms with van der Waals surface area (Å²) in [6.07, 6.45) is 0. The monoisotopic (exact) mass is 322 g/mol. The van der Waals surface area contributed by atoms with Gasteiger partial charge in [0.1, 0.15) is 5.75 Å². The molecule has 0 aliphatic carbocycles. The number of fused-ring (bicyclic) bond motifs is 1. The lowest BCUT2D eigenvalue weighted by molar-refractivity contribution is 0.416. The molecule has 0 fully saturated rings. The van der Waals surface area contributed by atoms with E-state index in [2.05, 4.69) is 6.07 Å². The van der Waals surface area contributed by atoms with Crippen LogP contribution in [0.2, 0.25) is 5.02 Å². The Kier molecular flexibility index (Phi) is 3.88. The Balaban J connectivity index is 2.12. The van der Waals surface area contributed by atoms with Gasteiger partial charge in [-0.3, -0.25) is 0 Å². The maximum atomic E-state index is 6.65. The van der Waals surface area contributed by atoms with E-state index in [-0.39, 0.29) is 5.38 Å². The van der Waals surface area contributed by atoms with Gasteiger partial charge in [-0.15, -0.1) is 22.9 Å². The van der Waals surface area contributed by atoms with Crippen molar-refractivity contribution >= 4 is 45.3 Å². The molecule has 1 aromatic heterocycles. The first-order chi connectivity index (χ1) is 9.70. The van der Waals surface area contributed by atoms with Crippen molar-refractivity contribution in [2.75, 3.05) is 7.11 Å². The van der Waals surface area contributed by atoms with Gasteiger partial charge in [0.25, 0.3) is 0 Å². The quantitative estimate of drug-likeness (QED) is 0.546. The number of hydrogen-bond acceptors (Lipinski definition) is 2. The summed E-state index contributed by atoms with van der Waals surface area (Å²) in [5.74, 6) is 0.842. The van der Waals surface area contributed by atoms with Crippen molar-refractivity contribution in [2.24, 2.45) is 0 Å². The summed E-state index contributed by atoms with van der Waals surface area (Å²) in [5, 5.41) is 4.62. The van der Waals surface area contributed by atoms with Gasteiger partial charge in [-0.05, 0) is 23.1 Å². The lowest BCUT2D eigenvalue weighted by atomic mass is 10.0. The topological polar surface area (TPSA) is 9.23 Å². The largest absolute Gasteiger partial charge is 0.496 e. The number of thiophene rings is 1. The van der Waals surface area contributed by atoms with Gasteiger partial charge in [0.2, 0.25) is 0 Å². The second-order valence-corrected chi connectivity index (χ2v) is 6.22. The number of alkyl halides is 1. The average Bonchev–Trinajstić information content (AvgIpc) is 2.96. The molecule has 0 radical (unpaired) electrons. The van der Waals surface area contributed by atoms with E-state index in [1.165, 1.54) is 0 Å². The highest BCUT2D eigenvalue weighted by Gasteiger charge is 2.17. The van der Waals surface area contributed by atoms with Crippen molar-refractivity contribution in [1.29, 1.82) is 0 Å². The number of halogens is 2. The van der Waals surface area contributed by atoms with Gasteiger partial charge >= 0.3 is 0 Å². The molecular weight excluding hydrogens is 311 g/mol. The Morgan fingerprint density at radius 3 is 2.55 bits per heavy atom. The fraction of sp³-hybridized carbons (Fsp3) is 0.125. The standard InChI is InChI=1S/C16H12Cl2OS/c1-19-10-8-15(20-9-10)16(18)13-6-7-14(17)12-5-3-2-4-11(12)13/h2-9,16H,1H3. The zero-order chi connectivity index (χ0) is 14.1. The Labute approximate surface area is 131 Å². The highest BCUT2D eigenvalue weighted by atomic mass is 35.5. The maximum Gasteiger partial charge on any atom is 0.129 e. The third kappa shape index (κ3) is 2.39. The summed E-state index contributed by atoms with van der Waals surface area (Å²) in [6, 6.07) is 13.9. The van der Waals surface area contributed by atoms with Gasteiger partial charge in [-0.25, -0.2) is 0 Å². The number of hydrogen-bond donors (Lipinski definition) is 0. The maximum absolute atomic E-state index is 6.65. The summed E-state index contributed by atoms with van der Waals surface area (Å²) < 4.78 is 5.22. The van der Waals surface area contributed by atoms with E-state index in [0.29, 0.717) is 0 Å². The molecule has 0 amide bonds. The molecule has 1 nitrogen and oxygen atoms in total. The lowest BCUT2D eigenvalue weighted by Gasteiger charge is -2.12. The molecule has 0 aliphatic heterocycles. The summed E-state index contributed by atoms with van der Waals surface area (Å²) in [4.78, 5) is 1.07. The van der Waals surface area contributed by atoms with E-state index in [9.17, 15) is 0 Å². The molecule has 0 N–H and O–H groups in total. The highest BCUT2D eigenvalue weighted by Crippen LogP contribution is 2.39. The zero-order valence-electron chi connectivity index (χ0n) is 10.8. The highest BCUT2D eigenvalue weighted by molar-refractivity contribution is 7.10. The number of rotatable bonds is 3. The molecule has 1 atom stereocenters. The van der Waals surface area contributed by atoms with Gasteiger partial charge < -0.3 is 4.74 Å². The van der Waals surface area contributed by atoms with Crippen LogP contribution in [0.15, 0.2) is 47.8 Å². The first-order valence-electron chi connectivity index (χ1n) is 6.14. The minimum absolute atomic E-state index is 0.203. The number of benzene rings is 2. The van der Waals surface area contributed by atoms with Crippen molar-refractivity contribution in [2.45, 2.75) is 5.38 Å². The van der Waals surface area contributed by atoms with Crippen LogP contribution in [0.3, 0.4) is 0 Å². The van der Waals surface area contributed by atoms with Crippen molar-refractivity contribution < 1.29 is 4.74 Å². The van der Waals surface area contributed by atoms with Crippen LogP contribution in [0.25, 0.3) is 10.8 Å². The van der Waals surface area contributed by atoms with Crippen LogP contribution in [0.4, 0.5) is 0 Å². The van der Waals surface area contributed by atoms with Crippen LogP contribution in [-0.2, 0) is 0 Å². The predicted octanol–water partition coefficient (Wildman–Crippen LogP) is 5.89. The molecule has 0 saturated heterocycles. The summed E-state index contributed by atoms with van der Waals surface area (Å²) in [6.45, 7) is 0. The van der Waals surface area contributed by atoms with Crippen LogP contribution in [0.5, 0.6) is 5.75 Å². The van der Waals surface area contributed by atoms with E-state index in [1.807, 2.05) is 41.8 Å². The zero-order valence-corrected chi connectivity index (χ0v) is 13.1. The summed E-state index contributed by atoms with van der Waals surface area (Å²) >= 11 is 14.5. The fourth-order valence-corrected chi connectivity index (χ4v) is 3.72. The molecule has 2 aromatic carbocycles. The van der Waals surface area contributed by atoms with E-state index < -0.39 is 0 Å². The molecule has 4 heteroatoms. The smallest absolute Gasteiger partial charge is 0.129 e. The third-order valence-electron chi connectivity index (χ3n) is 3.26. The van der Waals surface area contributed by atoms with Gasteiger partial charge in [0.15, 0.2) is 0 Å². The van der Waals surface area contributed by atoms with Crippen LogP contribution in [0, 0.1) is 0 Å². The van der Waals surface area contributed by atoms with E-state index in [0.717, 1.165) is 32.0 Å². The van der Waals surface area contributed by atoms with Crippen LogP contribution < -0.4 is 4.74 Å².